The van der Waals surface area contributed by atoms with Gasteiger partial charge in [-0.05, 0) is 31.5 Å². The van der Waals surface area contributed by atoms with Crippen LogP contribution in [-0.2, 0) is 27.5 Å². The van der Waals surface area contributed by atoms with Crippen LogP contribution in [0, 0.1) is 0 Å². The lowest BCUT2D eigenvalue weighted by molar-refractivity contribution is 0.196. The van der Waals surface area contributed by atoms with Crippen LogP contribution >= 0.6 is 0 Å². The molecule has 8 heteroatoms. The zero-order valence-electron chi connectivity index (χ0n) is 15.8. The lowest BCUT2D eigenvalue weighted by Crippen LogP contribution is -2.34. The van der Waals surface area contributed by atoms with E-state index in [1.165, 1.54) is 6.26 Å². The van der Waals surface area contributed by atoms with Gasteiger partial charge in [-0.15, -0.1) is 0 Å². The van der Waals surface area contributed by atoms with Gasteiger partial charge in [0.05, 0.1) is 17.2 Å². The van der Waals surface area contributed by atoms with E-state index in [4.69, 9.17) is 4.74 Å². The first-order valence-electron chi connectivity index (χ1n) is 9.13. The first kappa shape index (κ1) is 19.9. The highest BCUT2D eigenvalue weighted by atomic mass is 32.2. The number of rotatable bonds is 7. The number of likely N-dealkylation sites (tertiary alicyclic amines) is 1. The van der Waals surface area contributed by atoms with Gasteiger partial charge in [0.1, 0.15) is 5.82 Å². The average molecular weight is 391 g/mol. The van der Waals surface area contributed by atoms with Gasteiger partial charge in [-0.2, -0.15) is 0 Å². The Balaban J connectivity index is 1.68. The van der Waals surface area contributed by atoms with Crippen LogP contribution in [0.25, 0.3) is 0 Å². The van der Waals surface area contributed by atoms with Crippen LogP contribution in [0.1, 0.15) is 35.8 Å². The van der Waals surface area contributed by atoms with Crippen molar-refractivity contribution in [2.45, 2.75) is 36.6 Å². The molecule has 1 saturated heterocycles. The van der Waals surface area contributed by atoms with Gasteiger partial charge in [0.15, 0.2) is 9.84 Å². The van der Waals surface area contributed by atoms with Crippen molar-refractivity contribution < 1.29 is 13.2 Å². The number of hydrogen-bond donors (Lipinski definition) is 0. The first-order valence-corrected chi connectivity index (χ1v) is 11.0. The molecule has 3 heterocycles. The van der Waals surface area contributed by atoms with E-state index in [9.17, 15) is 8.42 Å². The van der Waals surface area contributed by atoms with E-state index < -0.39 is 9.84 Å². The molecule has 0 radical (unpaired) electrons. The van der Waals surface area contributed by atoms with E-state index in [2.05, 4.69) is 19.9 Å². The van der Waals surface area contributed by atoms with Crippen molar-refractivity contribution in [2.24, 2.45) is 0 Å². The van der Waals surface area contributed by atoms with Crippen LogP contribution in [0.15, 0.2) is 35.6 Å². The molecule has 0 bridgehead atoms. The Morgan fingerprint density at radius 2 is 2.04 bits per heavy atom. The zero-order valence-corrected chi connectivity index (χ0v) is 16.7. The molecule has 146 valence electrons. The maximum Gasteiger partial charge on any atom is 0.177 e. The van der Waals surface area contributed by atoms with E-state index in [-0.39, 0.29) is 5.92 Å². The maximum atomic E-state index is 12.1. The molecule has 1 aliphatic heterocycles. The van der Waals surface area contributed by atoms with E-state index >= 15 is 0 Å². The van der Waals surface area contributed by atoms with Crippen molar-refractivity contribution in [3.63, 3.8) is 0 Å². The second-order valence-corrected chi connectivity index (χ2v) is 8.97. The largest absolute Gasteiger partial charge is 0.384 e. The van der Waals surface area contributed by atoms with Crippen molar-refractivity contribution in [3.8, 4) is 0 Å². The normalized spacial score (nSPS) is 18.5. The summed E-state index contributed by atoms with van der Waals surface area (Å²) in [6, 6.07) is 3.34. The van der Waals surface area contributed by atoms with Gasteiger partial charge in [-0.1, -0.05) is 0 Å². The molecule has 0 spiro atoms. The summed E-state index contributed by atoms with van der Waals surface area (Å²) < 4.78 is 29.2. The second-order valence-electron chi connectivity index (χ2n) is 6.98. The molecule has 1 atom stereocenters. The van der Waals surface area contributed by atoms with Gasteiger partial charge < -0.3 is 4.74 Å². The minimum atomic E-state index is -3.28. The van der Waals surface area contributed by atoms with Crippen molar-refractivity contribution in [3.05, 3.63) is 47.8 Å². The number of piperidine rings is 1. The number of pyridine rings is 1. The number of methoxy groups -OCH3 is 1. The van der Waals surface area contributed by atoms with Crippen LogP contribution in [0.5, 0.6) is 0 Å². The van der Waals surface area contributed by atoms with Gasteiger partial charge in [-0.25, -0.2) is 18.4 Å². The molecule has 1 aliphatic rings. The third kappa shape index (κ3) is 5.31. The molecule has 0 N–H and O–H groups in total. The summed E-state index contributed by atoms with van der Waals surface area (Å²) in [5.74, 6) is 0.898. The molecule has 0 aromatic carbocycles. The summed E-state index contributed by atoms with van der Waals surface area (Å²) in [7, 11) is -1.62. The van der Waals surface area contributed by atoms with Crippen molar-refractivity contribution in [1.29, 1.82) is 0 Å². The minimum absolute atomic E-state index is 0.117. The van der Waals surface area contributed by atoms with Gasteiger partial charge in [-0.3, -0.25) is 9.88 Å². The standard InChI is InChI=1S/C19H26N4O3S/c1-26-10-7-18-21-11-15(12-22-18)13-23-9-4-5-16(14-23)19-17(27(2,24)25)6-3-8-20-19/h3,6,8,11-12,16H,4-5,7,9-10,13-14H2,1-2H3. The SMILES string of the molecule is COCCc1ncc(CN2CCCC(c3ncccc3S(C)(=O)=O)C2)cn1. The molecule has 7 nitrogen and oxygen atoms in total. The fraction of sp³-hybridized carbons (Fsp3) is 0.526. The van der Waals surface area contributed by atoms with E-state index in [0.717, 1.165) is 43.9 Å². The molecule has 0 aliphatic carbocycles. The van der Waals surface area contributed by atoms with Gasteiger partial charge >= 0.3 is 0 Å². The molecule has 1 fully saturated rings. The summed E-state index contributed by atoms with van der Waals surface area (Å²) in [6.07, 6.45) is 9.32. The quantitative estimate of drug-likeness (QED) is 0.713. The number of ether oxygens (including phenoxy) is 1. The predicted molar refractivity (Wildman–Crippen MR) is 102 cm³/mol. The van der Waals surface area contributed by atoms with Crippen molar-refractivity contribution >= 4 is 9.84 Å². The maximum absolute atomic E-state index is 12.1. The van der Waals surface area contributed by atoms with Gasteiger partial charge in [0.2, 0.25) is 0 Å². The lowest BCUT2D eigenvalue weighted by atomic mass is 9.94. The Morgan fingerprint density at radius 1 is 1.26 bits per heavy atom. The number of aromatic nitrogens is 3. The van der Waals surface area contributed by atoms with Crippen LogP contribution in [0.2, 0.25) is 0 Å². The Hall–Kier alpha value is -1.90. The third-order valence-electron chi connectivity index (χ3n) is 4.79. The topological polar surface area (TPSA) is 85.3 Å². The van der Waals surface area contributed by atoms with E-state index in [1.807, 2.05) is 12.4 Å². The number of hydrogen-bond acceptors (Lipinski definition) is 7. The van der Waals surface area contributed by atoms with Gasteiger partial charge in [0.25, 0.3) is 0 Å². The third-order valence-corrected chi connectivity index (χ3v) is 5.93. The molecule has 27 heavy (non-hydrogen) atoms. The highest BCUT2D eigenvalue weighted by Crippen LogP contribution is 2.30. The Morgan fingerprint density at radius 3 is 2.74 bits per heavy atom. The molecule has 0 amide bonds. The van der Waals surface area contributed by atoms with Crippen LogP contribution in [0.3, 0.4) is 0 Å². The van der Waals surface area contributed by atoms with Crippen molar-refractivity contribution in [1.82, 2.24) is 19.9 Å². The molecule has 0 saturated carbocycles. The number of nitrogens with zero attached hydrogens (tertiary/aromatic N) is 4. The summed E-state index contributed by atoms with van der Waals surface area (Å²) in [5.41, 5.74) is 1.75. The minimum Gasteiger partial charge on any atom is -0.384 e. The van der Waals surface area contributed by atoms with E-state index in [1.54, 1.807) is 25.4 Å². The fourth-order valence-electron chi connectivity index (χ4n) is 3.49. The molecule has 3 rings (SSSR count). The second kappa shape index (κ2) is 8.86. The average Bonchev–Trinajstić information content (AvgIpc) is 2.67. The van der Waals surface area contributed by atoms with Crippen LogP contribution in [-0.4, -0.2) is 61.3 Å². The monoisotopic (exact) mass is 390 g/mol. The lowest BCUT2D eigenvalue weighted by Gasteiger charge is -2.32. The van der Waals surface area contributed by atoms with E-state index in [0.29, 0.717) is 23.6 Å². The summed E-state index contributed by atoms with van der Waals surface area (Å²) in [4.78, 5) is 15.9. The number of sulfone groups is 1. The Labute approximate surface area is 160 Å². The van der Waals surface area contributed by atoms with Crippen LogP contribution in [0.4, 0.5) is 0 Å². The first-order chi connectivity index (χ1) is 13.0. The Kier molecular flexibility index (Phi) is 6.51. The molecule has 2 aromatic rings. The highest BCUT2D eigenvalue weighted by molar-refractivity contribution is 7.90. The smallest absolute Gasteiger partial charge is 0.177 e. The summed E-state index contributed by atoms with van der Waals surface area (Å²) in [6.45, 7) is 3.12. The summed E-state index contributed by atoms with van der Waals surface area (Å²) >= 11 is 0. The fourth-order valence-corrected chi connectivity index (χ4v) is 4.41. The molecule has 2 aromatic heterocycles. The van der Waals surface area contributed by atoms with Crippen LogP contribution < -0.4 is 0 Å². The van der Waals surface area contributed by atoms with Gasteiger partial charge in [0, 0.05) is 62.9 Å². The van der Waals surface area contributed by atoms with Crippen molar-refractivity contribution in [2.75, 3.05) is 33.1 Å². The Bertz CT molecular complexity index is 856. The highest BCUT2D eigenvalue weighted by Gasteiger charge is 2.27. The molecule has 1 unspecified atom stereocenters. The molecular weight excluding hydrogens is 364 g/mol. The summed E-state index contributed by atoms with van der Waals surface area (Å²) in [5, 5.41) is 0. The zero-order chi connectivity index (χ0) is 19.3. The molecular formula is C19H26N4O3S. The predicted octanol–water partition coefficient (Wildman–Crippen LogP) is 1.84.